The van der Waals surface area contributed by atoms with Gasteiger partial charge in [-0.1, -0.05) is 17.7 Å². The van der Waals surface area contributed by atoms with Crippen LogP contribution < -0.4 is 10.6 Å². The molecule has 1 atom stereocenters. The number of aryl methyl sites for hydroxylation is 1. The van der Waals surface area contributed by atoms with Crippen molar-refractivity contribution < 1.29 is 22.8 Å². The molecule has 2 saturated heterocycles. The maximum atomic E-state index is 12.7. The molecule has 3 rings (SSSR count). The van der Waals surface area contributed by atoms with Gasteiger partial charge >= 0.3 is 6.03 Å². The summed E-state index contributed by atoms with van der Waals surface area (Å²) in [6, 6.07) is 5.15. The number of rotatable bonds is 4. The summed E-state index contributed by atoms with van der Waals surface area (Å²) < 4.78 is 26.7. The summed E-state index contributed by atoms with van der Waals surface area (Å²) in [6.07, 6.45) is -0.137. The molecule has 0 unspecified atom stereocenters. The van der Waals surface area contributed by atoms with E-state index in [0.717, 1.165) is 5.56 Å². The van der Waals surface area contributed by atoms with E-state index in [-0.39, 0.29) is 43.4 Å². The number of carbonyl (C=O) groups excluding carboxylic acids is 3. The van der Waals surface area contributed by atoms with E-state index in [9.17, 15) is 22.8 Å². The number of piperazine rings is 1. The van der Waals surface area contributed by atoms with Crippen molar-refractivity contribution in [2.75, 3.05) is 26.2 Å². The molecule has 140 valence electrons. The zero-order chi connectivity index (χ0) is 18.9. The molecule has 0 spiro atoms. The van der Waals surface area contributed by atoms with Crippen molar-refractivity contribution in [3.63, 3.8) is 0 Å². The first-order valence-corrected chi connectivity index (χ1v) is 9.67. The van der Waals surface area contributed by atoms with Crippen LogP contribution >= 0.6 is 0 Å². The van der Waals surface area contributed by atoms with Gasteiger partial charge in [0.1, 0.15) is 6.04 Å². The van der Waals surface area contributed by atoms with Crippen molar-refractivity contribution in [1.29, 1.82) is 0 Å². The third-order valence-electron chi connectivity index (χ3n) is 4.49. The van der Waals surface area contributed by atoms with Crippen molar-refractivity contribution >= 4 is 27.9 Å². The van der Waals surface area contributed by atoms with Crippen molar-refractivity contribution in [2.24, 2.45) is 0 Å². The molecule has 2 aliphatic heterocycles. The molecular formula is C16H20N4O5S. The van der Waals surface area contributed by atoms with E-state index in [1.165, 1.54) is 9.21 Å². The lowest BCUT2D eigenvalue weighted by molar-refractivity contribution is -0.134. The van der Waals surface area contributed by atoms with Gasteiger partial charge in [-0.3, -0.25) is 14.9 Å². The Bertz CT molecular complexity index is 829. The van der Waals surface area contributed by atoms with E-state index in [2.05, 4.69) is 10.6 Å². The van der Waals surface area contributed by atoms with Gasteiger partial charge in [0.05, 0.1) is 11.3 Å². The second kappa shape index (κ2) is 7.04. The molecule has 2 heterocycles. The van der Waals surface area contributed by atoms with E-state index in [4.69, 9.17) is 0 Å². The van der Waals surface area contributed by atoms with Gasteiger partial charge in [-0.2, -0.15) is 4.31 Å². The van der Waals surface area contributed by atoms with Gasteiger partial charge in [-0.05, 0) is 19.1 Å². The molecule has 0 bridgehead atoms. The van der Waals surface area contributed by atoms with Crippen molar-refractivity contribution in [3.8, 4) is 0 Å². The van der Waals surface area contributed by atoms with Crippen LogP contribution in [0.25, 0.3) is 0 Å². The van der Waals surface area contributed by atoms with Gasteiger partial charge in [-0.15, -0.1) is 0 Å². The van der Waals surface area contributed by atoms with Crippen LogP contribution in [-0.4, -0.2) is 67.7 Å². The molecule has 10 heteroatoms. The number of sulfonamides is 1. The first-order valence-electron chi connectivity index (χ1n) is 8.23. The maximum absolute atomic E-state index is 12.7. The predicted octanol–water partition coefficient (Wildman–Crippen LogP) is -0.574. The average Bonchev–Trinajstić information content (AvgIpc) is 2.92. The standard InChI is InChI=1S/C16H20N4O5S/c1-11-2-4-12(5-3-11)26(24,25)20-8-6-19(7-9-20)14(21)10-13-15(22)18-16(23)17-13/h2-5,13H,6-10H2,1H3,(H2,17,18,22,23)/t13-/m1/s1. The summed E-state index contributed by atoms with van der Waals surface area (Å²) in [7, 11) is -3.59. The number of hydrogen-bond donors (Lipinski definition) is 2. The second-order valence-electron chi connectivity index (χ2n) is 6.32. The van der Waals surface area contributed by atoms with Crippen LogP contribution in [0.15, 0.2) is 29.2 Å². The lowest BCUT2D eigenvalue weighted by Gasteiger charge is -2.34. The van der Waals surface area contributed by atoms with Crippen LogP contribution in [0, 0.1) is 6.92 Å². The zero-order valence-corrected chi connectivity index (χ0v) is 15.1. The van der Waals surface area contributed by atoms with Crippen molar-refractivity contribution in [2.45, 2.75) is 24.3 Å². The van der Waals surface area contributed by atoms with E-state index < -0.39 is 28.0 Å². The highest BCUT2D eigenvalue weighted by molar-refractivity contribution is 7.89. The number of amides is 4. The lowest BCUT2D eigenvalue weighted by atomic mass is 10.2. The van der Waals surface area contributed by atoms with E-state index >= 15 is 0 Å². The Morgan fingerprint density at radius 3 is 2.27 bits per heavy atom. The van der Waals surface area contributed by atoms with Crippen LogP contribution in [0.4, 0.5) is 4.79 Å². The van der Waals surface area contributed by atoms with E-state index in [0.29, 0.717) is 0 Å². The largest absolute Gasteiger partial charge is 0.340 e. The molecule has 1 aromatic rings. The number of nitrogens with zero attached hydrogens (tertiary/aromatic N) is 2. The molecule has 2 fully saturated rings. The molecule has 0 aliphatic carbocycles. The molecule has 26 heavy (non-hydrogen) atoms. The number of carbonyl (C=O) groups is 3. The number of nitrogens with one attached hydrogen (secondary N) is 2. The third kappa shape index (κ3) is 3.70. The Kier molecular flexibility index (Phi) is 4.97. The van der Waals surface area contributed by atoms with Crippen molar-refractivity contribution in [1.82, 2.24) is 19.8 Å². The van der Waals surface area contributed by atoms with E-state index in [1.54, 1.807) is 24.3 Å². The van der Waals surface area contributed by atoms with Crippen LogP contribution in [-0.2, 0) is 19.6 Å². The molecule has 0 aromatic heterocycles. The number of hydrogen-bond acceptors (Lipinski definition) is 5. The summed E-state index contributed by atoms with van der Waals surface area (Å²) in [4.78, 5) is 36.6. The topological polar surface area (TPSA) is 116 Å². The molecule has 9 nitrogen and oxygen atoms in total. The highest BCUT2D eigenvalue weighted by Crippen LogP contribution is 2.18. The highest BCUT2D eigenvalue weighted by atomic mass is 32.2. The minimum Gasteiger partial charge on any atom is -0.340 e. The Balaban J connectivity index is 1.58. The molecule has 0 saturated carbocycles. The fraction of sp³-hybridized carbons (Fsp3) is 0.438. The molecule has 4 amide bonds. The summed E-state index contributed by atoms with van der Waals surface area (Å²) in [5.74, 6) is -0.816. The summed E-state index contributed by atoms with van der Waals surface area (Å²) >= 11 is 0. The van der Waals surface area contributed by atoms with Gasteiger partial charge < -0.3 is 10.2 Å². The third-order valence-corrected chi connectivity index (χ3v) is 6.40. The fourth-order valence-corrected chi connectivity index (χ4v) is 4.37. The summed E-state index contributed by atoms with van der Waals surface area (Å²) in [5, 5.41) is 4.46. The predicted molar refractivity (Wildman–Crippen MR) is 91.6 cm³/mol. The molecule has 0 radical (unpaired) electrons. The highest BCUT2D eigenvalue weighted by Gasteiger charge is 2.35. The first-order chi connectivity index (χ1) is 12.3. The van der Waals surface area contributed by atoms with Gasteiger partial charge in [0, 0.05) is 26.2 Å². The summed E-state index contributed by atoms with van der Waals surface area (Å²) in [6.45, 7) is 2.74. The fourth-order valence-electron chi connectivity index (χ4n) is 2.94. The summed E-state index contributed by atoms with van der Waals surface area (Å²) in [5.41, 5.74) is 0.974. The van der Waals surface area contributed by atoms with Crippen LogP contribution in [0.5, 0.6) is 0 Å². The number of imide groups is 1. The Morgan fingerprint density at radius 1 is 1.12 bits per heavy atom. The van der Waals surface area contributed by atoms with Gasteiger partial charge in [0.15, 0.2) is 0 Å². The minimum absolute atomic E-state index is 0.137. The number of urea groups is 1. The first kappa shape index (κ1) is 18.3. The SMILES string of the molecule is Cc1ccc(S(=O)(=O)N2CCN(C(=O)C[C@H]3NC(=O)NC3=O)CC2)cc1. The molecular weight excluding hydrogens is 360 g/mol. The Hall–Kier alpha value is -2.46. The Labute approximate surface area is 151 Å². The lowest BCUT2D eigenvalue weighted by Crippen LogP contribution is -2.51. The zero-order valence-electron chi connectivity index (χ0n) is 14.3. The van der Waals surface area contributed by atoms with E-state index in [1.807, 2.05) is 6.92 Å². The normalized spacial score (nSPS) is 21.4. The van der Waals surface area contributed by atoms with Gasteiger partial charge in [0.2, 0.25) is 15.9 Å². The number of benzene rings is 1. The smallest absolute Gasteiger partial charge is 0.322 e. The van der Waals surface area contributed by atoms with Crippen LogP contribution in [0.3, 0.4) is 0 Å². The van der Waals surface area contributed by atoms with Crippen LogP contribution in [0.2, 0.25) is 0 Å². The molecule has 2 N–H and O–H groups in total. The van der Waals surface area contributed by atoms with Crippen LogP contribution in [0.1, 0.15) is 12.0 Å². The molecule has 1 aromatic carbocycles. The maximum Gasteiger partial charge on any atom is 0.322 e. The minimum atomic E-state index is -3.59. The monoisotopic (exact) mass is 380 g/mol. The van der Waals surface area contributed by atoms with Gasteiger partial charge in [-0.25, -0.2) is 13.2 Å². The Morgan fingerprint density at radius 2 is 1.73 bits per heavy atom. The van der Waals surface area contributed by atoms with Gasteiger partial charge in [0.25, 0.3) is 5.91 Å². The average molecular weight is 380 g/mol. The second-order valence-corrected chi connectivity index (χ2v) is 8.26. The molecule has 2 aliphatic rings. The quantitative estimate of drug-likeness (QED) is 0.679. The van der Waals surface area contributed by atoms with Crippen molar-refractivity contribution in [3.05, 3.63) is 29.8 Å².